The van der Waals surface area contributed by atoms with Crippen molar-refractivity contribution in [2.75, 3.05) is 6.54 Å². The van der Waals surface area contributed by atoms with Crippen LogP contribution in [-0.4, -0.2) is 18.8 Å². The van der Waals surface area contributed by atoms with E-state index in [1.54, 1.807) is 18.2 Å². The lowest BCUT2D eigenvalue weighted by Crippen LogP contribution is -2.35. The summed E-state index contributed by atoms with van der Waals surface area (Å²) in [6, 6.07) is 9.49. The second-order valence-electron chi connectivity index (χ2n) is 4.94. The van der Waals surface area contributed by atoms with Crippen molar-refractivity contribution in [1.29, 1.82) is 0 Å². The molecule has 25 heavy (non-hydrogen) atoms. The predicted octanol–water partition coefficient (Wildman–Crippen LogP) is 4.87. The van der Waals surface area contributed by atoms with Crippen molar-refractivity contribution in [3.63, 3.8) is 0 Å². The summed E-state index contributed by atoms with van der Waals surface area (Å²) < 4.78 is 68.5. The molecule has 2 rings (SSSR count). The highest BCUT2D eigenvalue weighted by atomic mass is 79.9. The van der Waals surface area contributed by atoms with Gasteiger partial charge in [0.15, 0.2) is 0 Å². The second-order valence-corrected chi connectivity index (χ2v) is 5.79. The van der Waals surface area contributed by atoms with Crippen LogP contribution in [0.2, 0.25) is 0 Å². The molecule has 134 valence electrons. The molecule has 0 unspecified atom stereocenters. The van der Waals surface area contributed by atoms with E-state index >= 15 is 0 Å². The first-order valence-electron chi connectivity index (χ1n) is 6.85. The number of carbonyl (C=O) groups is 1. The van der Waals surface area contributed by atoms with Crippen LogP contribution in [0.15, 0.2) is 53.0 Å². The first-order chi connectivity index (χ1) is 11.6. The topological polar surface area (TPSA) is 38.3 Å². The Morgan fingerprint density at radius 2 is 1.60 bits per heavy atom. The lowest BCUT2D eigenvalue weighted by molar-refractivity contribution is -0.274. The lowest BCUT2D eigenvalue weighted by atomic mass is 10.1. The van der Waals surface area contributed by atoms with Gasteiger partial charge in [-0.15, -0.1) is 13.2 Å². The Balaban J connectivity index is 2.03. The number of halogens is 6. The van der Waals surface area contributed by atoms with E-state index in [1.807, 2.05) is 0 Å². The van der Waals surface area contributed by atoms with E-state index in [-0.39, 0.29) is 5.56 Å². The zero-order valence-electron chi connectivity index (χ0n) is 12.4. The van der Waals surface area contributed by atoms with Crippen molar-refractivity contribution in [1.82, 2.24) is 5.32 Å². The number of rotatable bonds is 5. The largest absolute Gasteiger partial charge is 0.573 e. The summed E-state index contributed by atoms with van der Waals surface area (Å²) in [5.74, 6) is -4.78. The Bertz CT molecular complexity index is 747. The molecule has 1 amide bonds. The molecule has 2 aromatic carbocycles. The number of benzene rings is 2. The standard InChI is InChI=1S/C16H11BrF5NO2/c17-13-4-2-1-3-12(13)14(24)23-9-15(18,19)10-5-7-11(8-6-10)25-16(20,21)22/h1-8H,9H2,(H,23,24). The maximum Gasteiger partial charge on any atom is 0.573 e. The highest BCUT2D eigenvalue weighted by molar-refractivity contribution is 9.10. The predicted molar refractivity (Wildman–Crippen MR) is 83.5 cm³/mol. The fourth-order valence-electron chi connectivity index (χ4n) is 1.93. The second kappa shape index (κ2) is 7.38. The summed E-state index contributed by atoms with van der Waals surface area (Å²) in [6.45, 7) is -1.01. The number of nitrogens with one attached hydrogen (secondary N) is 1. The molecule has 0 heterocycles. The third-order valence-electron chi connectivity index (χ3n) is 3.10. The zero-order valence-corrected chi connectivity index (χ0v) is 14.0. The van der Waals surface area contributed by atoms with Gasteiger partial charge in [0.2, 0.25) is 0 Å². The van der Waals surface area contributed by atoms with Crippen molar-refractivity contribution >= 4 is 21.8 Å². The van der Waals surface area contributed by atoms with Gasteiger partial charge in [0, 0.05) is 10.0 Å². The summed E-state index contributed by atoms with van der Waals surface area (Å²) in [7, 11) is 0. The van der Waals surface area contributed by atoms with E-state index < -0.39 is 36.0 Å². The summed E-state index contributed by atoms with van der Waals surface area (Å²) in [6.07, 6.45) is -4.90. The minimum absolute atomic E-state index is 0.187. The van der Waals surface area contributed by atoms with Crippen LogP contribution < -0.4 is 10.1 Å². The Labute approximate surface area is 147 Å². The van der Waals surface area contributed by atoms with Crippen LogP contribution in [0.5, 0.6) is 5.75 Å². The molecule has 0 aromatic heterocycles. The van der Waals surface area contributed by atoms with Crippen LogP contribution in [0.1, 0.15) is 15.9 Å². The van der Waals surface area contributed by atoms with Gasteiger partial charge in [-0.1, -0.05) is 12.1 Å². The van der Waals surface area contributed by atoms with E-state index in [0.29, 0.717) is 4.47 Å². The maximum atomic E-state index is 14.1. The molecule has 0 saturated carbocycles. The summed E-state index contributed by atoms with van der Waals surface area (Å²) >= 11 is 3.14. The lowest BCUT2D eigenvalue weighted by Gasteiger charge is -2.18. The van der Waals surface area contributed by atoms with Crippen molar-refractivity contribution in [2.45, 2.75) is 12.3 Å². The summed E-state index contributed by atoms with van der Waals surface area (Å²) in [5, 5.41) is 2.10. The average molecular weight is 424 g/mol. The Morgan fingerprint density at radius 3 is 2.16 bits per heavy atom. The molecule has 0 atom stereocenters. The van der Waals surface area contributed by atoms with Gasteiger partial charge in [-0.25, -0.2) is 0 Å². The average Bonchev–Trinajstić information content (AvgIpc) is 2.52. The van der Waals surface area contributed by atoms with E-state index in [0.717, 1.165) is 24.3 Å². The fourth-order valence-corrected chi connectivity index (χ4v) is 2.40. The molecule has 0 radical (unpaired) electrons. The summed E-state index contributed by atoms with van der Waals surface area (Å²) in [4.78, 5) is 11.9. The Kier molecular flexibility index (Phi) is 5.66. The fraction of sp³-hybridized carbons (Fsp3) is 0.188. The Morgan fingerprint density at radius 1 is 1.00 bits per heavy atom. The number of hydrogen-bond donors (Lipinski definition) is 1. The molecule has 2 aromatic rings. The first-order valence-corrected chi connectivity index (χ1v) is 7.65. The van der Waals surface area contributed by atoms with E-state index in [2.05, 4.69) is 26.0 Å². The van der Waals surface area contributed by atoms with E-state index in [9.17, 15) is 26.7 Å². The van der Waals surface area contributed by atoms with Gasteiger partial charge in [0.05, 0.1) is 12.1 Å². The van der Waals surface area contributed by atoms with Crippen molar-refractivity contribution in [2.24, 2.45) is 0 Å². The molecule has 0 aliphatic rings. The zero-order chi connectivity index (χ0) is 18.7. The normalized spacial score (nSPS) is 11.9. The molecule has 9 heteroatoms. The van der Waals surface area contributed by atoms with Crippen molar-refractivity contribution in [3.05, 3.63) is 64.1 Å². The summed E-state index contributed by atoms with van der Waals surface area (Å²) in [5.41, 5.74) is -0.360. The first kappa shape index (κ1) is 19.2. The van der Waals surface area contributed by atoms with Gasteiger partial charge in [-0.2, -0.15) is 8.78 Å². The maximum absolute atomic E-state index is 14.1. The number of hydrogen-bond acceptors (Lipinski definition) is 2. The number of amides is 1. The number of ether oxygens (including phenoxy) is 1. The quantitative estimate of drug-likeness (QED) is 0.696. The molecule has 0 spiro atoms. The molecular weight excluding hydrogens is 413 g/mol. The molecule has 1 N–H and O–H groups in total. The highest BCUT2D eigenvalue weighted by Crippen LogP contribution is 2.30. The third-order valence-corrected chi connectivity index (χ3v) is 3.79. The van der Waals surface area contributed by atoms with Crippen LogP contribution in [-0.2, 0) is 5.92 Å². The molecule has 0 saturated heterocycles. The molecular formula is C16H11BrF5NO2. The van der Waals surface area contributed by atoms with Gasteiger partial charge in [0.1, 0.15) is 5.75 Å². The van der Waals surface area contributed by atoms with Gasteiger partial charge in [0.25, 0.3) is 11.8 Å². The monoisotopic (exact) mass is 423 g/mol. The van der Waals surface area contributed by atoms with Crippen LogP contribution >= 0.6 is 15.9 Å². The van der Waals surface area contributed by atoms with Crippen LogP contribution in [0.3, 0.4) is 0 Å². The SMILES string of the molecule is O=C(NCC(F)(F)c1ccc(OC(F)(F)F)cc1)c1ccccc1Br. The van der Waals surface area contributed by atoms with E-state index in [4.69, 9.17) is 0 Å². The van der Waals surface area contributed by atoms with Gasteiger partial charge < -0.3 is 10.1 Å². The smallest absolute Gasteiger partial charge is 0.406 e. The van der Waals surface area contributed by atoms with Crippen LogP contribution in [0, 0.1) is 0 Å². The highest BCUT2D eigenvalue weighted by Gasteiger charge is 2.34. The minimum Gasteiger partial charge on any atom is -0.406 e. The molecule has 0 bridgehead atoms. The van der Waals surface area contributed by atoms with Crippen molar-refractivity contribution < 1.29 is 31.5 Å². The minimum atomic E-state index is -4.90. The van der Waals surface area contributed by atoms with Gasteiger partial charge in [-0.3, -0.25) is 4.79 Å². The molecule has 3 nitrogen and oxygen atoms in total. The third kappa shape index (κ3) is 5.42. The van der Waals surface area contributed by atoms with Crippen molar-refractivity contribution in [3.8, 4) is 5.75 Å². The molecule has 0 aliphatic carbocycles. The van der Waals surface area contributed by atoms with Crippen LogP contribution in [0.4, 0.5) is 22.0 Å². The van der Waals surface area contributed by atoms with E-state index in [1.165, 1.54) is 6.07 Å². The van der Waals surface area contributed by atoms with Gasteiger partial charge in [-0.05, 0) is 52.3 Å². The van der Waals surface area contributed by atoms with Crippen LogP contribution in [0.25, 0.3) is 0 Å². The van der Waals surface area contributed by atoms with Gasteiger partial charge >= 0.3 is 6.36 Å². The number of carbonyl (C=O) groups excluding carboxylic acids is 1. The molecule has 0 aliphatic heterocycles. The molecule has 0 fully saturated rings. The number of alkyl halides is 5. The Hall–Kier alpha value is -2.16.